The molecule has 1 aliphatic carbocycles. The monoisotopic (exact) mass is 408 g/mol. The van der Waals surface area contributed by atoms with E-state index in [1.807, 2.05) is 12.1 Å². The number of benzene rings is 1. The Bertz CT molecular complexity index is 838. The number of nitrogens with zero attached hydrogens (tertiary/aromatic N) is 1. The van der Waals surface area contributed by atoms with E-state index in [9.17, 15) is 9.59 Å². The van der Waals surface area contributed by atoms with Gasteiger partial charge in [-0.2, -0.15) is 0 Å². The van der Waals surface area contributed by atoms with Crippen molar-refractivity contribution in [3.05, 3.63) is 45.9 Å². The second kappa shape index (κ2) is 7.48. The topological polar surface area (TPSA) is 77.5 Å². The van der Waals surface area contributed by atoms with Crippen LogP contribution in [0.2, 0.25) is 5.02 Å². The van der Waals surface area contributed by atoms with E-state index in [1.54, 1.807) is 38.3 Å². The number of carbonyl (C=O) groups is 2. The summed E-state index contributed by atoms with van der Waals surface area (Å²) in [5.74, 6) is -0.264. The Kier molecular flexibility index (Phi) is 5.44. The average molecular weight is 409 g/mol. The first-order chi connectivity index (χ1) is 12.7. The van der Waals surface area contributed by atoms with Gasteiger partial charge in [0.1, 0.15) is 12.2 Å². The van der Waals surface area contributed by atoms with Gasteiger partial charge < -0.3 is 9.47 Å². The van der Waals surface area contributed by atoms with Gasteiger partial charge >= 0.3 is 12.1 Å². The molecule has 0 bridgehead atoms. The van der Waals surface area contributed by atoms with E-state index in [1.165, 1.54) is 11.3 Å². The van der Waals surface area contributed by atoms with Crippen LogP contribution in [0.15, 0.2) is 29.6 Å². The first kappa shape index (κ1) is 19.6. The highest BCUT2D eigenvalue weighted by atomic mass is 35.5. The Hall–Kier alpha value is -2.12. The summed E-state index contributed by atoms with van der Waals surface area (Å²) in [7, 11) is 0. The minimum atomic E-state index is -0.583. The van der Waals surface area contributed by atoms with E-state index in [4.69, 9.17) is 21.1 Å². The number of aromatic nitrogens is 1. The maximum Gasteiger partial charge on any atom is 0.413 e. The van der Waals surface area contributed by atoms with E-state index in [2.05, 4.69) is 10.3 Å². The summed E-state index contributed by atoms with van der Waals surface area (Å²) in [6.45, 7) is 5.41. The number of hydrogen-bond acceptors (Lipinski definition) is 6. The number of esters is 1. The first-order valence-corrected chi connectivity index (χ1v) is 9.81. The summed E-state index contributed by atoms with van der Waals surface area (Å²) in [6.07, 6.45) is 0.950. The Morgan fingerprint density at radius 3 is 2.52 bits per heavy atom. The van der Waals surface area contributed by atoms with Gasteiger partial charge in [0, 0.05) is 10.4 Å². The predicted molar refractivity (Wildman–Crippen MR) is 104 cm³/mol. The number of thiazole rings is 1. The third kappa shape index (κ3) is 4.99. The highest BCUT2D eigenvalue weighted by molar-refractivity contribution is 7.13. The number of rotatable bonds is 5. The van der Waals surface area contributed by atoms with Crippen LogP contribution >= 0.6 is 22.9 Å². The van der Waals surface area contributed by atoms with E-state index in [-0.39, 0.29) is 12.6 Å². The van der Waals surface area contributed by atoms with E-state index >= 15 is 0 Å². The van der Waals surface area contributed by atoms with Gasteiger partial charge in [-0.1, -0.05) is 23.7 Å². The summed E-state index contributed by atoms with van der Waals surface area (Å²) < 4.78 is 10.6. The molecule has 1 aromatic heterocycles. The summed E-state index contributed by atoms with van der Waals surface area (Å²) >= 11 is 7.16. The molecule has 1 aromatic carbocycles. The molecule has 3 rings (SSSR count). The van der Waals surface area contributed by atoms with Crippen LogP contribution < -0.4 is 5.32 Å². The number of amides is 1. The van der Waals surface area contributed by atoms with Gasteiger partial charge in [0.25, 0.3) is 0 Å². The number of carbonyl (C=O) groups excluding carboxylic acids is 2. The number of nitrogens with one attached hydrogen (secondary N) is 1. The van der Waals surface area contributed by atoms with Crippen LogP contribution in [0.25, 0.3) is 0 Å². The fraction of sp³-hybridized carbons (Fsp3) is 0.421. The first-order valence-electron chi connectivity index (χ1n) is 8.56. The van der Waals surface area contributed by atoms with Crippen molar-refractivity contribution in [1.29, 1.82) is 0 Å². The van der Waals surface area contributed by atoms with Gasteiger partial charge in [0.15, 0.2) is 5.13 Å². The van der Waals surface area contributed by atoms with Crippen molar-refractivity contribution in [3.63, 3.8) is 0 Å². The van der Waals surface area contributed by atoms with Gasteiger partial charge in [0.2, 0.25) is 0 Å². The molecule has 27 heavy (non-hydrogen) atoms. The predicted octanol–water partition coefficient (Wildman–Crippen LogP) is 4.92. The quantitative estimate of drug-likeness (QED) is 0.710. The summed E-state index contributed by atoms with van der Waals surface area (Å²) in [5.41, 5.74) is 0.340. The van der Waals surface area contributed by atoms with E-state index < -0.39 is 17.1 Å². The van der Waals surface area contributed by atoms with Crippen molar-refractivity contribution in [2.75, 3.05) is 5.32 Å². The van der Waals surface area contributed by atoms with Crippen LogP contribution in [0.3, 0.4) is 0 Å². The fourth-order valence-corrected chi connectivity index (χ4v) is 3.41. The molecule has 0 aliphatic heterocycles. The summed E-state index contributed by atoms with van der Waals surface area (Å²) in [5, 5.41) is 5.34. The van der Waals surface area contributed by atoms with Crippen molar-refractivity contribution < 1.29 is 19.1 Å². The van der Waals surface area contributed by atoms with Crippen molar-refractivity contribution in [1.82, 2.24) is 4.98 Å². The zero-order valence-electron chi connectivity index (χ0n) is 15.4. The fourth-order valence-electron chi connectivity index (χ4n) is 2.60. The smallest absolute Gasteiger partial charge is 0.413 e. The lowest BCUT2D eigenvalue weighted by atomic mass is 9.96. The Morgan fingerprint density at radius 1 is 1.26 bits per heavy atom. The summed E-state index contributed by atoms with van der Waals surface area (Å²) in [6, 6.07) is 7.28. The molecule has 8 heteroatoms. The van der Waals surface area contributed by atoms with Crippen LogP contribution in [0, 0.1) is 0 Å². The van der Waals surface area contributed by atoms with Crippen LogP contribution in [0.5, 0.6) is 0 Å². The average Bonchev–Trinajstić information content (AvgIpc) is 3.27. The van der Waals surface area contributed by atoms with Gasteiger partial charge in [-0.25, -0.2) is 9.78 Å². The lowest BCUT2D eigenvalue weighted by Gasteiger charge is -2.18. The molecule has 1 amide bonds. The number of anilines is 1. The maximum atomic E-state index is 12.6. The van der Waals surface area contributed by atoms with Crippen molar-refractivity contribution in [2.45, 2.75) is 51.2 Å². The molecule has 0 atom stereocenters. The molecular weight excluding hydrogens is 388 g/mol. The molecule has 2 aromatic rings. The van der Waals surface area contributed by atoms with E-state index in [0.29, 0.717) is 15.8 Å². The molecule has 0 unspecified atom stereocenters. The van der Waals surface area contributed by atoms with Crippen LogP contribution in [-0.4, -0.2) is 22.6 Å². The summed E-state index contributed by atoms with van der Waals surface area (Å²) in [4.78, 5) is 28.6. The van der Waals surface area contributed by atoms with Crippen LogP contribution in [0.1, 0.15) is 44.9 Å². The maximum absolute atomic E-state index is 12.6. The third-order valence-electron chi connectivity index (χ3n) is 4.05. The van der Waals surface area contributed by atoms with Crippen LogP contribution in [-0.2, 0) is 26.3 Å². The minimum Gasteiger partial charge on any atom is -0.458 e. The molecule has 6 nitrogen and oxygen atoms in total. The molecule has 0 saturated heterocycles. The zero-order valence-corrected chi connectivity index (χ0v) is 16.9. The molecule has 1 N–H and O–H groups in total. The number of ether oxygens (including phenoxy) is 2. The lowest BCUT2D eigenvalue weighted by Crippen LogP contribution is -2.27. The van der Waals surface area contributed by atoms with Crippen molar-refractivity contribution in [2.24, 2.45) is 0 Å². The molecule has 1 fully saturated rings. The molecule has 144 valence electrons. The largest absolute Gasteiger partial charge is 0.458 e. The van der Waals surface area contributed by atoms with Gasteiger partial charge in [-0.05, 0) is 51.3 Å². The number of hydrogen-bond donors (Lipinski definition) is 1. The van der Waals surface area contributed by atoms with Crippen LogP contribution in [0.4, 0.5) is 9.93 Å². The van der Waals surface area contributed by atoms with Gasteiger partial charge in [-0.3, -0.25) is 10.1 Å². The second-order valence-electron chi connectivity index (χ2n) is 7.44. The molecule has 1 aliphatic rings. The normalized spacial score (nSPS) is 15.1. The second-order valence-corrected chi connectivity index (χ2v) is 8.73. The molecule has 1 heterocycles. The van der Waals surface area contributed by atoms with Gasteiger partial charge in [-0.15, -0.1) is 11.3 Å². The van der Waals surface area contributed by atoms with Gasteiger partial charge in [0.05, 0.1) is 11.1 Å². The highest BCUT2D eigenvalue weighted by Crippen LogP contribution is 2.49. The Morgan fingerprint density at radius 2 is 1.93 bits per heavy atom. The SMILES string of the molecule is CC(C)(C)OC(=O)Nc1nc(COC(=O)C2(c3ccc(Cl)cc3)CC2)cs1. The lowest BCUT2D eigenvalue weighted by molar-refractivity contribution is -0.148. The van der Waals surface area contributed by atoms with E-state index in [0.717, 1.165) is 18.4 Å². The Balaban J connectivity index is 1.55. The Labute approximate surface area is 166 Å². The molecule has 1 saturated carbocycles. The molecular formula is C19H21ClN2O4S. The van der Waals surface area contributed by atoms with Crippen molar-refractivity contribution in [3.8, 4) is 0 Å². The minimum absolute atomic E-state index is 0.0562. The zero-order chi connectivity index (χ0) is 19.7. The molecule has 0 spiro atoms. The number of halogens is 1. The highest BCUT2D eigenvalue weighted by Gasteiger charge is 2.52. The molecule has 0 radical (unpaired) electrons. The standard InChI is InChI=1S/C19H21ClN2O4S/c1-18(2,3)26-17(24)22-16-21-14(11-27-16)10-25-15(23)19(8-9-19)12-4-6-13(20)7-5-12/h4-7,11H,8-10H2,1-3H3,(H,21,22,24). The third-order valence-corrected chi connectivity index (χ3v) is 5.11. The van der Waals surface area contributed by atoms with Crippen molar-refractivity contribution >= 4 is 40.1 Å².